The van der Waals surface area contributed by atoms with Gasteiger partial charge in [0.25, 0.3) is 11.8 Å². The molecule has 2 amide bonds. The van der Waals surface area contributed by atoms with E-state index in [4.69, 9.17) is 26.4 Å². The summed E-state index contributed by atoms with van der Waals surface area (Å²) in [5, 5.41) is 0. The molecule has 2 heterocycles. The van der Waals surface area contributed by atoms with Crippen molar-refractivity contribution in [3.05, 3.63) is 52.9 Å². The number of morpholine rings is 1. The Balaban J connectivity index is 1.47. The summed E-state index contributed by atoms with van der Waals surface area (Å²) >= 11 is 8.36. The Kier molecular flexibility index (Phi) is 8.15. The van der Waals surface area contributed by atoms with Crippen LogP contribution in [0.4, 0.5) is 5.69 Å². The lowest BCUT2D eigenvalue weighted by molar-refractivity contribution is -0.137. The minimum absolute atomic E-state index is 0.0799. The van der Waals surface area contributed by atoms with Crippen molar-refractivity contribution >= 4 is 63.6 Å². The first-order valence-electron chi connectivity index (χ1n) is 10.6. The van der Waals surface area contributed by atoms with E-state index in [-0.39, 0.29) is 18.4 Å². The SMILES string of the molecule is COc1cc(/C=C2\SC(=S)N(c3cccc(SC)c3)C2=O)ccc1OCC(=O)N1CCOCC1. The molecule has 7 nitrogen and oxygen atoms in total. The van der Waals surface area contributed by atoms with E-state index in [9.17, 15) is 9.59 Å². The normalized spacial score (nSPS) is 17.4. The topological polar surface area (TPSA) is 68.3 Å². The molecule has 0 bridgehead atoms. The molecule has 0 unspecified atom stereocenters. The highest BCUT2D eigenvalue weighted by atomic mass is 32.2. The van der Waals surface area contributed by atoms with Gasteiger partial charge in [0.2, 0.25) is 0 Å². The molecule has 0 spiro atoms. The van der Waals surface area contributed by atoms with Gasteiger partial charge in [-0.1, -0.05) is 36.1 Å². The Morgan fingerprint density at radius 2 is 2.00 bits per heavy atom. The van der Waals surface area contributed by atoms with Gasteiger partial charge >= 0.3 is 0 Å². The summed E-state index contributed by atoms with van der Waals surface area (Å²) in [6.45, 7) is 2.14. The van der Waals surface area contributed by atoms with Gasteiger partial charge in [0, 0.05) is 18.0 Å². The number of carbonyl (C=O) groups is 2. The van der Waals surface area contributed by atoms with Gasteiger partial charge in [-0.25, -0.2) is 0 Å². The second-order valence-electron chi connectivity index (χ2n) is 7.41. The number of methoxy groups -OCH3 is 1. The molecular weight excluding hydrogens is 492 g/mol. The third kappa shape index (κ3) is 5.57. The number of nitrogens with zero attached hydrogens (tertiary/aromatic N) is 2. The number of rotatable bonds is 7. The summed E-state index contributed by atoms with van der Waals surface area (Å²) in [7, 11) is 1.54. The predicted octanol–water partition coefficient (Wildman–Crippen LogP) is 4.06. The predicted molar refractivity (Wildman–Crippen MR) is 140 cm³/mol. The third-order valence-electron chi connectivity index (χ3n) is 5.31. The van der Waals surface area contributed by atoms with Gasteiger partial charge in [-0.05, 0) is 48.2 Å². The number of amides is 2. The van der Waals surface area contributed by atoms with Gasteiger partial charge in [0.05, 0.1) is 30.9 Å². The fourth-order valence-electron chi connectivity index (χ4n) is 3.53. The highest BCUT2D eigenvalue weighted by Gasteiger charge is 2.33. The number of benzene rings is 2. The number of carbonyl (C=O) groups excluding carboxylic acids is 2. The van der Waals surface area contributed by atoms with Crippen LogP contribution >= 0.6 is 35.7 Å². The van der Waals surface area contributed by atoms with Gasteiger partial charge < -0.3 is 19.1 Å². The maximum atomic E-state index is 13.1. The van der Waals surface area contributed by atoms with Crippen molar-refractivity contribution in [2.75, 3.05) is 51.2 Å². The first kappa shape index (κ1) is 24.6. The van der Waals surface area contributed by atoms with Crippen molar-refractivity contribution in [1.82, 2.24) is 4.90 Å². The summed E-state index contributed by atoms with van der Waals surface area (Å²) in [6, 6.07) is 13.1. The Hall–Kier alpha value is -2.53. The lowest BCUT2D eigenvalue weighted by Crippen LogP contribution is -2.43. The van der Waals surface area contributed by atoms with E-state index in [2.05, 4.69) is 0 Å². The van der Waals surface area contributed by atoms with Crippen LogP contribution in [0.3, 0.4) is 0 Å². The molecule has 2 aliphatic heterocycles. The molecule has 178 valence electrons. The molecule has 4 rings (SSSR count). The molecule has 0 aliphatic carbocycles. The van der Waals surface area contributed by atoms with Crippen molar-refractivity contribution in [3.63, 3.8) is 0 Å². The molecule has 0 atom stereocenters. The van der Waals surface area contributed by atoms with Crippen LogP contribution in [0.15, 0.2) is 52.3 Å². The molecule has 0 aromatic heterocycles. The zero-order valence-corrected chi connectivity index (χ0v) is 21.3. The summed E-state index contributed by atoms with van der Waals surface area (Å²) < 4.78 is 16.9. The van der Waals surface area contributed by atoms with Crippen LogP contribution in [-0.4, -0.2) is 67.3 Å². The summed E-state index contributed by atoms with van der Waals surface area (Å²) in [5.41, 5.74) is 1.52. The van der Waals surface area contributed by atoms with Crippen LogP contribution in [-0.2, 0) is 14.3 Å². The standard InChI is InChI=1S/C24H24N2O5S3/c1-29-20-12-16(6-7-19(20)31-15-22(27)25-8-10-30-11-9-25)13-21-23(28)26(24(32)34-21)17-4-3-5-18(14-17)33-2/h3-7,12-14H,8-11,15H2,1-2H3/b21-13-. The first-order chi connectivity index (χ1) is 16.5. The number of ether oxygens (including phenoxy) is 3. The second-order valence-corrected chi connectivity index (χ2v) is 9.97. The van der Waals surface area contributed by atoms with E-state index in [1.165, 1.54) is 18.9 Å². The Morgan fingerprint density at radius 3 is 2.74 bits per heavy atom. The van der Waals surface area contributed by atoms with E-state index < -0.39 is 0 Å². The monoisotopic (exact) mass is 516 g/mol. The maximum Gasteiger partial charge on any atom is 0.270 e. The van der Waals surface area contributed by atoms with Crippen molar-refractivity contribution in [2.24, 2.45) is 0 Å². The van der Waals surface area contributed by atoms with Crippen LogP contribution in [0.2, 0.25) is 0 Å². The molecule has 0 radical (unpaired) electrons. The van der Waals surface area contributed by atoms with Crippen LogP contribution < -0.4 is 14.4 Å². The summed E-state index contributed by atoms with van der Waals surface area (Å²) in [5.74, 6) is 0.682. The van der Waals surface area contributed by atoms with Crippen molar-refractivity contribution < 1.29 is 23.8 Å². The molecule has 10 heteroatoms. The van der Waals surface area contributed by atoms with E-state index >= 15 is 0 Å². The van der Waals surface area contributed by atoms with Crippen LogP contribution in [0.25, 0.3) is 6.08 Å². The molecule has 2 aliphatic rings. The van der Waals surface area contributed by atoms with Crippen LogP contribution in [0.1, 0.15) is 5.56 Å². The van der Waals surface area contributed by atoms with E-state index in [0.29, 0.717) is 47.0 Å². The number of hydrogen-bond acceptors (Lipinski definition) is 8. The summed E-state index contributed by atoms with van der Waals surface area (Å²) in [6.07, 6.45) is 3.77. The fraction of sp³-hybridized carbons (Fsp3) is 0.292. The maximum absolute atomic E-state index is 13.1. The van der Waals surface area contributed by atoms with Gasteiger partial charge in [0.15, 0.2) is 22.4 Å². The fourth-order valence-corrected chi connectivity index (χ4v) is 5.28. The quantitative estimate of drug-likeness (QED) is 0.310. The molecule has 0 N–H and O–H groups in total. The Labute approximate surface area is 212 Å². The Morgan fingerprint density at radius 1 is 1.21 bits per heavy atom. The summed E-state index contributed by atoms with van der Waals surface area (Å²) in [4.78, 5) is 30.3. The highest BCUT2D eigenvalue weighted by Crippen LogP contribution is 2.38. The van der Waals surface area contributed by atoms with Crippen LogP contribution in [0, 0.1) is 0 Å². The van der Waals surface area contributed by atoms with Gasteiger partial charge in [-0.2, -0.15) is 0 Å². The molecular formula is C24H24N2O5S3. The number of anilines is 1. The van der Waals surface area contributed by atoms with E-state index in [1.54, 1.807) is 39.8 Å². The van der Waals surface area contributed by atoms with E-state index in [1.807, 2.05) is 36.6 Å². The minimum Gasteiger partial charge on any atom is -0.493 e. The average molecular weight is 517 g/mol. The smallest absolute Gasteiger partial charge is 0.270 e. The minimum atomic E-state index is -0.163. The second kappa shape index (κ2) is 11.3. The molecule has 2 fully saturated rings. The third-order valence-corrected chi connectivity index (χ3v) is 7.33. The molecule has 34 heavy (non-hydrogen) atoms. The van der Waals surface area contributed by atoms with Gasteiger partial charge in [-0.3, -0.25) is 14.5 Å². The van der Waals surface area contributed by atoms with E-state index in [0.717, 1.165) is 16.1 Å². The van der Waals surface area contributed by atoms with Crippen LogP contribution in [0.5, 0.6) is 11.5 Å². The number of thiocarbonyl (C=S) groups is 1. The number of hydrogen-bond donors (Lipinski definition) is 0. The zero-order valence-electron chi connectivity index (χ0n) is 18.8. The lowest BCUT2D eigenvalue weighted by atomic mass is 10.2. The largest absolute Gasteiger partial charge is 0.493 e. The molecule has 2 saturated heterocycles. The number of thioether (sulfide) groups is 2. The molecule has 0 saturated carbocycles. The van der Waals surface area contributed by atoms with Gasteiger partial charge in [-0.15, -0.1) is 11.8 Å². The first-order valence-corrected chi connectivity index (χ1v) is 13.0. The lowest BCUT2D eigenvalue weighted by Gasteiger charge is -2.26. The van der Waals surface area contributed by atoms with Crippen molar-refractivity contribution in [3.8, 4) is 11.5 Å². The van der Waals surface area contributed by atoms with Gasteiger partial charge in [0.1, 0.15) is 0 Å². The molecule has 2 aromatic carbocycles. The van der Waals surface area contributed by atoms with Crippen molar-refractivity contribution in [1.29, 1.82) is 0 Å². The highest BCUT2D eigenvalue weighted by molar-refractivity contribution is 8.27. The average Bonchev–Trinajstić information content (AvgIpc) is 3.15. The zero-order chi connectivity index (χ0) is 24.1. The Bertz CT molecular complexity index is 1130. The molecule has 2 aromatic rings. The van der Waals surface area contributed by atoms with Crippen molar-refractivity contribution in [2.45, 2.75) is 4.90 Å².